The van der Waals surface area contributed by atoms with Crippen LogP contribution in [0, 0.1) is 0 Å². The molecule has 0 unspecified atom stereocenters. The standard InChI is InChI=1S/C17H16ClN3O5/c1-17(2,3)25-16(23)19-8-14-20-15(26-21-14)13-7-11(22)10-5-4-9(18)6-12(10)24-13/h4-7H,8H2,1-3H3,(H,19,23). The molecule has 0 saturated heterocycles. The van der Waals surface area contributed by atoms with Crippen LogP contribution >= 0.6 is 11.6 Å². The lowest BCUT2D eigenvalue weighted by atomic mass is 10.2. The normalized spacial score (nSPS) is 11.5. The summed E-state index contributed by atoms with van der Waals surface area (Å²) < 4.78 is 15.8. The predicted molar refractivity (Wildman–Crippen MR) is 93.9 cm³/mol. The minimum atomic E-state index is -0.609. The summed E-state index contributed by atoms with van der Waals surface area (Å²) in [6, 6.07) is 5.98. The predicted octanol–water partition coefficient (Wildman–Crippen LogP) is 3.52. The molecule has 3 rings (SSSR count). The number of halogens is 1. The van der Waals surface area contributed by atoms with Crippen molar-refractivity contribution in [3.8, 4) is 11.7 Å². The van der Waals surface area contributed by atoms with Gasteiger partial charge in [0.15, 0.2) is 17.0 Å². The largest absolute Gasteiger partial charge is 0.451 e. The highest BCUT2D eigenvalue weighted by atomic mass is 35.5. The van der Waals surface area contributed by atoms with Crippen molar-refractivity contribution in [2.45, 2.75) is 32.9 Å². The van der Waals surface area contributed by atoms with Gasteiger partial charge in [0.2, 0.25) is 0 Å². The number of carbonyl (C=O) groups excluding carboxylic acids is 1. The molecule has 1 aromatic carbocycles. The highest BCUT2D eigenvalue weighted by molar-refractivity contribution is 6.31. The maximum atomic E-state index is 12.2. The maximum absolute atomic E-state index is 12.2. The van der Waals surface area contributed by atoms with E-state index in [9.17, 15) is 9.59 Å². The van der Waals surface area contributed by atoms with Crippen molar-refractivity contribution in [2.75, 3.05) is 0 Å². The van der Waals surface area contributed by atoms with Gasteiger partial charge in [-0.05, 0) is 32.9 Å². The lowest BCUT2D eigenvalue weighted by Crippen LogP contribution is -2.32. The van der Waals surface area contributed by atoms with E-state index in [4.69, 9.17) is 25.3 Å². The molecule has 3 aromatic rings. The van der Waals surface area contributed by atoms with E-state index in [1.165, 1.54) is 12.1 Å². The van der Waals surface area contributed by atoms with Gasteiger partial charge in [-0.15, -0.1) is 0 Å². The molecule has 0 aliphatic carbocycles. The van der Waals surface area contributed by atoms with Crippen molar-refractivity contribution in [1.82, 2.24) is 15.5 Å². The number of benzene rings is 1. The van der Waals surface area contributed by atoms with Gasteiger partial charge in [-0.1, -0.05) is 16.8 Å². The van der Waals surface area contributed by atoms with Crippen LogP contribution in [-0.2, 0) is 11.3 Å². The first kappa shape index (κ1) is 17.9. The van der Waals surface area contributed by atoms with Crippen LogP contribution in [0.4, 0.5) is 4.79 Å². The Balaban J connectivity index is 1.78. The summed E-state index contributed by atoms with van der Waals surface area (Å²) in [5, 5.41) is 7.09. The molecule has 0 fully saturated rings. The topological polar surface area (TPSA) is 107 Å². The number of nitrogens with zero attached hydrogens (tertiary/aromatic N) is 2. The van der Waals surface area contributed by atoms with E-state index in [1.54, 1.807) is 32.9 Å². The number of hydrogen-bond donors (Lipinski definition) is 1. The Morgan fingerprint density at radius 3 is 2.81 bits per heavy atom. The fourth-order valence-electron chi connectivity index (χ4n) is 2.13. The number of rotatable bonds is 3. The minimum absolute atomic E-state index is 0.00204. The van der Waals surface area contributed by atoms with Crippen molar-refractivity contribution in [1.29, 1.82) is 0 Å². The van der Waals surface area contributed by atoms with Crippen LogP contribution in [0.2, 0.25) is 5.02 Å². The Morgan fingerprint density at radius 1 is 1.31 bits per heavy atom. The number of nitrogens with one attached hydrogen (secondary N) is 1. The smallest absolute Gasteiger partial charge is 0.408 e. The maximum Gasteiger partial charge on any atom is 0.408 e. The molecule has 26 heavy (non-hydrogen) atoms. The molecule has 0 spiro atoms. The van der Waals surface area contributed by atoms with Gasteiger partial charge in [0.1, 0.15) is 11.2 Å². The molecule has 0 radical (unpaired) electrons. The van der Waals surface area contributed by atoms with Gasteiger partial charge < -0.3 is 19.0 Å². The van der Waals surface area contributed by atoms with E-state index >= 15 is 0 Å². The van der Waals surface area contributed by atoms with Crippen molar-refractivity contribution in [3.05, 3.63) is 45.3 Å². The van der Waals surface area contributed by atoms with Crippen LogP contribution < -0.4 is 10.7 Å². The molecule has 2 heterocycles. The van der Waals surface area contributed by atoms with E-state index < -0.39 is 11.7 Å². The molecule has 9 heteroatoms. The lowest BCUT2D eigenvalue weighted by Gasteiger charge is -2.19. The van der Waals surface area contributed by atoms with E-state index in [0.29, 0.717) is 16.0 Å². The van der Waals surface area contributed by atoms with Crippen molar-refractivity contribution in [2.24, 2.45) is 0 Å². The molecule has 0 aliphatic rings. The minimum Gasteiger partial charge on any atom is -0.451 e. The zero-order valence-corrected chi connectivity index (χ0v) is 15.1. The number of fused-ring (bicyclic) bond motifs is 1. The zero-order chi connectivity index (χ0) is 18.9. The van der Waals surface area contributed by atoms with Gasteiger partial charge in [0, 0.05) is 17.2 Å². The van der Waals surface area contributed by atoms with Crippen LogP contribution in [0.1, 0.15) is 26.6 Å². The second kappa shape index (κ2) is 6.80. The SMILES string of the molecule is CC(C)(C)OC(=O)NCc1noc(-c2cc(=O)c3ccc(Cl)cc3o2)n1. The van der Waals surface area contributed by atoms with Gasteiger partial charge in [0.25, 0.3) is 5.89 Å². The molecule has 1 amide bonds. The molecular weight excluding hydrogens is 362 g/mol. The highest BCUT2D eigenvalue weighted by Gasteiger charge is 2.18. The first-order chi connectivity index (χ1) is 12.2. The van der Waals surface area contributed by atoms with Gasteiger partial charge >= 0.3 is 6.09 Å². The number of amides is 1. The number of alkyl carbamates (subject to hydrolysis) is 1. The number of aromatic nitrogens is 2. The zero-order valence-electron chi connectivity index (χ0n) is 14.3. The molecular formula is C17H16ClN3O5. The second-order valence-electron chi connectivity index (χ2n) is 6.49. The lowest BCUT2D eigenvalue weighted by molar-refractivity contribution is 0.0522. The van der Waals surface area contributed by atoms with E-state index in [-0.39, 0.29) is 29.4 Å². The van der Waals surface area contributed by atoms with Crippen LogP contribution in [0.15, 0.2) is 38.0 Å². The molecule has 0 bridgehead atoms. The van der Waals surface area contributed by atoms with Gasteiger partial charge in [-0.25, -0.2) is 4.79 Å². The molecule has 0 aliphatic heterocycles. The Labute approximate surface area is 153 Å². The summed E-state index contributed by atoms with van der Waals surface area (Å²) in [7, 11) is 0. The van der Waals surface area contributed by atoms with Gasteiger partial charge in [0.05, 0.1) is 11.9 Å². The van der Waals surface area contributed by atoms with E-state index in [1.807, 2.05) is 0 Å². The first-order valence-electron chi connectivity index (χ1n) is 7.74. The van der Waals surface area contributed by atoms with Crippen molar-refractivity contribution >= 4 is 28.7 Å². The fraction of sp³-hybridized carbons (Fsp3) is 0.294. The summed E-state index contributed by atoms with van der Waals surface area (Å²) in [6.07, 6.45) is -0.601. The van der Waals surface area contributed by atoms with Crippen molar-refractivity contribution in [3.63, 3.8) is 0 Å². The molecule has 0 atom stereocenters. The van der Waals surface area contributed by atoms with Crippen LogP contribution in [0.5, 0.6) is 0 Å². The molecule has 8 nitrogen and oxygen atoms in total. The monoisotopic (exact) mass is 377 g/mol. The van der Waals surface area contributed by atoms with E-state index in [0.717, 1.165) is 0 Å². The molecule has 0 saturated carbocycles. The van der Waals surface area contributed by atoms with Crippen LogP contribution in [0.3, 0.4) is 0 Å². The molecule has 136 valence electrons. The third-order valence-corrected chi connectivity index (χ3v) is 3.39. The summed E-state index contributed by atoms with van der Waals surface area (Å²) in [5.74, 6) is 0.338. The third-order valence-electron chi connectivity index (χ3n) is 3.16. The number of hydrogen-bond acceptors (Lipinski definition) is 7. The Bertz CT molecular complexity index is 1020. The number of carbonyl (C=O) groups is 1. The Morgan fingerprint density at radius 2 is 2.08 bits per heavy atom. The third kappa shape index (κ3) is 4.20. The second-order valence-corrected chi connectivity index (χ2v) is 6.92. The van der Waals surface area contributed by atoms with E-state index in [2.05, 4.69) is 15.5 Å². The number of ether oxygens (including phenoxy) is 1. The van der Waals surface area contributed by atoms with Crippen LogP contribution in [0.25, 0.3) is 22.6 Å². The summed E-state index contributed by atoms with van der Waals surface area (Å²) in [5.41, 5.74) is -0.557. The Kier molecular flexibility index (Phi) is 4.69. The fourth-order valence-corrected chi connectivity index (χ4v) is 2.29. The van der Waals surface area contributed by atoms with Crippen molar-refractivity contribution < 1.29 is 18.5 Å². The average Bonchev–Trinajstić information content (AvgIpc) is 2.99. The molecule has 2 aromatic heterocycles. The first-order valence-corrected chi connectivity index (χ1v) is 8.12. The summed E-state index contributed by atoms with van der Waals surface area (Å²) in [4.78, 5) is 27.9. The summed E-state index contributed by atoms with van der Waals surface area (Å²) >= 11 is 5.92. The summed E-state index contributed by atoms with van der Waals surface area (Å²) in [6.45, 7) is 5.27. The highest BCUT2D eigenvalue weighted by Crippen LogP contribution is 2.23. The average molecular weight is 378 g/mol. The van der Waals surface area contributed by atoms with Gasteiger partial charge in [-0.3, -0.25) is 4.79 Å². The quantitative estimate of drug-likeness (QED) is 0.743. The Hall–Kier alpha value is -2.87. The molecule has 1 N–H and O–H groups in total. The van der Waals surface area contributed by atoms with Crippen LogP contribution in [-0.4, -0.2) is 21.8 Å². The van der Waals surface area contributed by atoms with Gasteiger partial charge in [-0.2, -0.15) is 4.98 Å².